The summed E-state index contributed by atoms with van der Waals surface area (Å²) in [7, 11) is 1.38. The van der Waals surface area contributed by atoms with Gasteiger partial charge in [-0.25, -0.2) is 0 Å². The largest absolute Gasteiger partial charge is 0.491 e. The molecule has 1 N–H and O–H groups in total. The highest BCUT2D eigenvalue weighted by Crippen LogP contribution is 2.39. The highest BCUT2D eigenvalue weighted by atomic mass is 16.7. The van der Waals surface area contributed by atoms with E-state index >= 15 is 0 Å². The Morgan fingerprint density at radius 3 is 2.20 bits per heavy atom. The Hall–Kier alpha value is -1.83. The minimum Gasteiger partial charge on any atom is -0.454 e. The Labute approximate surface area is 148 Å². The number of carbonyl (C=O) groups excluding carboxylic acids is 1. The fourth-order valence-electron chi connectivity index (χ4n) is 2.80. The van der Waals surface area contributed by atoms with E-state index in [2.05, 4.69) is 5.32 Å². The molecular formula is C18H24BNO5. The molecule has 1 saturated heterocycles. The maximum absolute atomic E-state index is 11.5. The molecule has 3 rings (SSSR count). The van der Waals surface area contributed by atoms with Crippen LogP contribution in [0.15, 0.2) is 17.6 Å². The number of likely N-dealkylation sites (N-methyl/N-ethyl adjacent to an activating group) is 1. The van der Waals surface area contributed by atoms with Crippen molar-refractivity contribution in [1.29, 1.82) is 0 Å². The molecule has 0 amide bonds. The van der Waals surface area contributed by atoms with E-state index in [0.717, 1.165) is 17.3 Å². The lowest BCUT2D eigenvalue weighted by Gasteiger charge is -2.32. The summed E-state index contributed by atoms with van der Waals surface area (Å²) in [5, 5.41) is 3.14. The fourth-order valence-corrected chi connectivity index (χ4v) is 2.80. The Kier molecular flexibility index (Phi) is 4.66. The first-order chi connectivity index (χ1) is 11.8. The van der Waals surface area contributed by atoms with Gasteiger partial charge >= 0.3 is 7.12 Å². The van der Waals surface area contributed by atoms with Gasteiger partial charge in [0.2, 0.25) is 6.79 Å². The van der Waals surface area contributed by atoms with Crippen LogP contribution in [0.1, 0.15) is 43.6 Å². The maximum atomic E-state index is 11.5. The Morgan fingerprint density at radius 2 is 1.68 bits per heavy atom. The lowest BCUT2D eigenvalue weighted by Crippen LogP contribution is -2.41. The Bertz CT molecular complexity index is 698. The van der Waals surface area contributed by atoms with Crippen LogP contribution in [0.2, 0.25) is 0 Å². The molecule has 2 aliphatic rings. The Morgan fingerprint density at radius 1 is 1.12 bits per heavy atom. The van der Waals surface area contributed by atoms with E-state index < -0.39 is 18.3 Å². The van der Waals surface area contributed by atoms with Gasteiger partial charge in [-0.15, -0.1) is 0 Å². The van der Waals surface area contributed by atoms with Crippen LogP contribution in [-0.2, 0) is 9.31 Å². The van der Waals surface area contributed by atoms with Gasteiger partial charge in [0.05, 0.1) is 11.2 Å². The van der Waals surface area contributed by atoms with Gasteiger partial charge in [0.15, 0.2) is 17.8 Å². The molecule has 0 radical (unpaired) electrons. The summed E-state index contributed by atoms with van der Waals surface area (Å²) in [5.74, 6) is 1.22. The van der Waals surface area contributed by atoms with E-state index in [9.17, 15) is 4.79 Å². The first-order valence-corrected chi connectivity index (χ1v) is 8.37. The molecule has 6 nitrogen and oxygen atoms in total. The zero-order valence-corrected chi connectivity index (χ0v) is 15.3. The van der Waals surface area contributed by atoms with Gasteiger partial charge in [0.1, 0.15) is 0 Å². The highest BCUT2D eigenvalue weighted by molar-refractivity contribution is 6.56. The van der Waals surface area contributed by atoms with Crippen LogP contribution in [0.25, 0.3) is 6.08 Å². The number of aldehydes is 1. The monoisotopic (exact) mass is 345 g/mol. The van der Waals surface area contributed by atoms with Crippen molar-refractivity contribution in [2.24, 2.45) is 0 Å². The van der Waals surface area contributed by atoms with Gasteiger partial charge in [-0.1, -0.05) is 6.08 Å². The summed E-state index contributed by atoms with van der Waals surface area (Å²) < 4.78 is 23.1. The summed E-state index contributed by atoms with van der Waals surface area (Å²) in [4.78, 5) is 11.5. The van der Waals surface area contributed by atoms with Crippen LogP contribution in [-0.4, -0.2) is 45.0 Å². The average Bonchev–Trinajstić information content (AvgIpc) is 3.07. The second-order valence-electron chi connectivity index (χ2n) is 7.29. The van der Waals surface area contributed by atoms with E-state index in [0.29, 0.717) is 23.6 Å². The van der Waals surface area contributed by atoms with E-state index in [1.54, 1.807) is 6.07 Å². The molecular weight excluding hydrogens is 321 g/mol. The van der Waals surface area contributed by atoms with Crippen molar-refractivity contribution in [3.8, 4) is 11.5 Å². The predicted molar refractivity (Wildman–Crippen MR) is 95.9 cm³/mol. The molecule has 0 unspecified atom stereocenters. The molecule has 25 heavy (non-hydrogen) atoms. The van der Waals surface area contributed by atoms with Crippen molar-refractivity contribution in [1.82, 2.24) is 5.32 Å². The fraction of sp³-hybridized carbons (Fsp3) is 0.500. The third-order valence-corrected chi connectivity index (χ3v) is 4.98. The van der Waals surface area contributed by atoms with E-state index in [1.807, 2.05) is 46.9 Å². The number of hydrogen-bond donors (Lipinski definition) is 1. The molecule has 2 aliphatic heterocycles. The highest BCUT2D eigenvalue weighted by Gasteiger charge is 2.52. The van der Waals surface area contributed by atoms with Crippen LogP contribution >= 0.6 is 0 Å². The van der Waals surface area contributed by atoms with Gasteiger partial charge < -0.3 is 24.1 Å². The van der Waals surface area contributed by atoms with Crippen LogP contribution in [0.3, 0.4) is 0 Å². The summed E-state index contributed by atoms with van der Waals surface area (Å²) in [6.07, 6.45) is 2.74. The maximum Gasteiger partial charge on any atom is 0.491 e. The first-order valence-electron chi connectivity index (χ1n) is 8.37. The van der Waals surface area contributed by atoms with Crippen molar-refractivity contribution in [2.75, 3.05) is 20.4 Å². The second-order valence-corrected chi connectivity index (χ2v) is 7.29. The predicted octanol–water partition coefficient (Wildman–Crippen LogP) is 2.46. The molecule has 0 atom stereocenters. The molecule has 0 spiro atoms. The van der Waals surface area contributed by atoms with Gasteiger partial charge in [-0.3, -0.25) is 4.79 Å². The standard InChI is InChI=1S/C18H24BNO5/c1-17(2)18(3,4)25-19(24-17)14(9-20-5)6-12-7-15-16(23-11-22-15)8-13(12)10-21/h6-8,10,20H,9,11H2,1-5H3. The molecule has 0 saturated carbocycles. The number of carbonyl (C=O) groups is 1. The third-order valence-electron chi connectivity index (χ3n) is 4.98. The molecule has 2 heterocycles. The van der Waals surface area contributed by atoms with Crippen molar-refractivity contribution >= 4 is 19.5 Å². The van der Waals surface area contributed by atoms with Crippen molar-refractivity contribution in [3.63, 3.8) is 0 Å². The molecule has 0 aromatic heterocycles. The quantitative estimate of drug-likeness (QED) is 0.653. The SMILES string of the molecule is CNCC(=Cc1cc2c(cc1C=O)OCO2)B1OC(C)(C)C(C)(C)O1. The van der Waals surface area contributed by atoms with E-state index in [-0.39, 0.29) is 6.79 Å². The molecule has 1 fully saturated rings. The zero-order chi connectivity index (χ0) is 18.2. The summed E-state index contributed by atoms with van der Waals surface area (Å²) in [6.45, 7) is 8.80. The van der Waals surface area contributed by atoms with Gasteiger partial charge in [0, 0.05) is 12.1 Å². The van der Waals surface area contributed by atoms with Crippen molar-refractivity contribution in [2.45, 2.75) is 38.9 Å². The summed E-state index contributed by atoms with van der Waals surface area (Å²) >= 11 is 0. The number of benzene rings is 1. The van der Waals surface area contributed by atoms with Crippen LogP contribution < -0.4 is 14.8 Å². The number of rotatable bonds is 5. The minimum absolute atomic E-state index is 0.168. The van der Waals surface area contributed by atoms with Crippen molar-refractivity contribution < 1.29 is 23.6 Å². The normalized spacial score (nSPS) is 20.8. The third kappa shape index (κ3) is 3.32. The molecule has 0 aliphatic carbocycles. The minimum atomic E-state index is -0.484. The van der Waals surface area contributed by atoms with Gasteiger partial charge in [0.25, 0.3) is 0 Å². The smallest absolute Gasteiger partial charge is 0.454 e. The van der Waals surface area contributed by atoms with Gasteiger partial charge in [-0.2, -0.15) is 0 Å². The van der Waals surface area contributed by atoms with Crippen molar-refractivity contribution in [3.05, 3.63) is 28.7 Å². The topological polar surface area (TPSA) is 66.0 Å². The summed E-state index contributed by atoms with van der Waals surface area (Å²) in [6, 6.07) is 3.51. The molecule has 1 aromatic carbocycles. The van der Waals surface area contributed by atoms with Crippen LogP contribution in [0.5, 0.6) is 11.5 Å². The zero-order valence-electron chi connectivity index (χ0n) is 15.3. The molecule has 1 aromatic rings. The van der Waals surface area contributed by atoms with Crippen LogP contribution in [0.4, 0.5) is 0 Å². The first kappa shape index (κ1) is 18.0. The van der Waals surface area contributed by atoms with Gasteiger partial charge in [-0.05, 0) is 57.9 Å². The van der Waals surface area contributed by atoms with E-state index in [1.165, 1.54) is 0 Å². The van der Waals surface area contributed by atoms with E-state index in [4.69, 9.17) is 18.8 Å². The lowest BCUT2D eigenvalue weighted by molar-refractivity contribution is 0.00578. The second kappa shape index (κ2) is 6.48. The number of ether oxygens (including phenoxy) is 2. The number of hydrogen-bond acceptors (Lipinski definition) is 6. The molecule has 134 valence electrons. The number of nitrogens with one attached hydrogen (secondary N) is 1. The molecule has 0 bridgehead atoms. The Balaban J connectivity index is 1.98. The average molecular weight is 345 g/mol. The number of fused-ring (bicyclic) bond motifs is 1. The summed E-state index contributed by atoms with van der Waals surface area (Å²) in [5.41, 5.74) is 1.34. The van der Waals surface area contributed by atoms with Crippen LogP contribution in [0, 0.1) is 0 Å². The molecule has 7 heteroatoms. The lowest BCUT2D eigenvalue weighted by atomic mass is 9.76.